The highest BCUT2D eigenvalue weighted by Gasteiger charge is 2.22. The van der Waals surface area contributed by atoms with Gasteiger partial charge in [-0.2, -0.15) is 5.10 Å². The van der Waals surface area contributed by atoms with Gasteiger partial charge in [0.1, 0.15) is 11.6 Å². The number of aryl methyl sites for hydroxylation is 1. The minimum absolute atomic E-state index is 0.493. The van der Waals surface area contributed by atoms with Gasteiger partial charge in [0.2, 0.25) is 0 Å². The molecule has 1 aliphatic heterocycles. The van der Waals surface area contributed by atoms with Crippen LogP contribution in [0.4, 0.5) is 0 Å². The molecule has 1 atom stereocenters. The number of nitrogens with one attached hydrogen (secondary N) is 1. The highest BCUT2D eigenvalue weighted by molar-refractivity contribution is 5.28. The van der Waals surface area contributed by atoms with Crippen LogP contribution in [0.15, 0.2) is 24.3 Å². The number of ether oxygens (including phenoxy) is 1. The molecule has 0 bridgehead atoms. The summed E-state index contributed by atoms with van der Waals surface area (Å²) in [5, 5.41) is 8.30. The first-order valence-electron chi connectivity index (χ1n) is 9.07. The summed E-state index contributed by atoms with van der Waals surface area (Å²) < 4.78 is 7.38. The Kier molecular flexibility index (Phi) is 5.86. The van der Waals surface area contributed by atoms with Crippen molar-refractivity contribution in [2.45, 2.75) is 51.5 Å². The van der Waals surface area contributed by atoms with E-state index in [9.17, 15) is 0 Å². The molecule has 1 unspecified atom stereocenters. The first-order chi connectivity index (χ1) is 11.8. The van der Waals surface area contributed by atoms with Gasteiger partial charge in [-0.05, 0) is 43.5 Å². The predicted molar refractivity (Wildman–Crippen MR) is 95.6 cm³/mol. The third-order valence-corrected chi connectivity index (χ3v) is 4.65. The number of methoxy groups -OCH3 is 1. The average molecular weight is 328 g/mol. The molecule has 0 saturated carbocycles. The number of aromatic nitrogens is 3. The van der Waals surface area contributed by atoms with Crippen molar-refractivity contribution in [2.75, 3.05) is 20.2 Å². The molecule has 1 aromatic heterocycles. The summed E-state index contributed by atoms with van der Waals surface area (Å²) in [7, 11) is 1.69. The first-order valence-corrected chi connectivity index (χ1v) is 9.07. The quantitative estimate of drug-likeness (QED) is 0.848. The lowest BCUT2D eigenvalue weighted by atomic mass is 9.99. The van der Waals surface area contributed by atoms with Gasteiger partial charge in [-0.1, -0.05) is 25.5 Å². The van der Waals surface area contributed by atoms with E-state index >= 15 is 0 Å². The summed E-state index contributed by atoms with van der Waals surface area (Å²) in [6.45, 7) is 5.33. The van der Waals surface area contributed by atoms with Gasteiger partial charge < -0.3 is 10.1 Å². The number of hydrogen-bond acceptors (Lipinski definition) is 4. The molecular weight excluding hydrogens is 300 g/mol. The van der Waals surface area contributed by atoms with Gasteiger partial charge in [-0.3, -0.25) is 0 Å². The van der Waals surface area contributed by atoms with E-state index in [0.29, 0.717) is 5.92 Å². The minimum atomic E-state index is 0.493. The smallest absolute Gasteiger partial charge is 0.155 e. The zero-order valence-corrected chi connectivity index (χ0v) is 14.8. The molecule has 130 valence electrons. The second kappa shape index (κ2) is 8.29. The molecular formula is C19H28N4O. The van der Waals surface area contributed by atoms with Crippen molar-refractivity contribution in [1.29, 1.82) is 0 Å². The van der Waals surface area contributed by atoms with Gasteiger partial charge in [0, 0.05) is 25.4 Å². The van der Waals surface area contributed by atoms with Gasteiger partial charge in [-0.15, -0.1) is 0 Å². The number of piperidine rings is 1. The molecule has 1 N–H and O–H groups in total. The van der Waals surface area contributed by atoms with E-state index in [1.54, 1.807) is 7.11 Å². The van der Waals surface area contributed by atoms with E-state index in [-0.39, 0.29) is 0 Å². The van der Waals surface area contributed by atoms with Gasteiger partial charge in [0.15, 0.2) is 5.82 Å². The maximum Gasteiger partial charge on any atom is 0.155 e. The Hall–Kier alpha value is -1.88. The highest BCUT2D eigenvalue weighted by atomic mass is 16.5. The maximum absolute atomic E-state index is 5.22. The van der Waals surface area contributed by atoms with Gasteiger partial charge in [-0.25, -0.2) is 9.67 Å². The number of nitrogens with zero attached hydrogens (tertiary/aromatic N) is 3. The predicted octanol–water partition coefficient (Wildman–Crippen LogP) is 3.14. The molecule has 5 nitrogen and oxygen atoms in total. The zero-order chi connectivity index (χ0) is 16.8. The zero-order valence-electron chi connectivity index (χ0n) is 14.8. The van der Waals surface area contributed by atoms with Crippen LogP contribution in [0.1, 0.15) is 55.7 Å². The van der Waals surface area contributed by atoms with Crippen LogP contribution in [0.3, 0.4) is 0 Å². The van der Waals surface area contributed by atoms with Gasteiger partial charge in [0.05, 0.1) is 7.11 Å². The van der Waals surface area contributed by atoms with Crippen LogP contribution < -0.4 is 10.1 Å². The normalized spacial score (nSPS) is 17.8. The Morgan fingerprint density at radius 1 is 1.29 bits per heavy atom. The van der Waals surface area contributed by atoms with E-state index in [4.69, 9.17) is 14.8 Å². The first kappa shape index (κ1) is 17.0. The monoisotopic (exact) mass is 328 g/mol. The summed E-state index contributed by atoms with van der Waals surface area (Å²) in [5.41, 5.74) is 1.22. The number of hydrogen-bond donors (Lipinski definition) is 1. The SMILES string of the molecule is CCCCn1nc(Cc2ccc(OC)cc2)nc1C1CCCNC1. The third-order valence-electron chi connectivity index (χ3n) is 4.65. The summed E-state index contributed by atoms with van der Waals surface area (Å²) in [5.74, 6) is 3.47. The molecule has 0 radical (unpaired) electrons. The Morgan fingerprint density at radius 2 is 2.12 bits per heavy atom. The molecule has 5 heteroatoms. The highest BCUT2D eigenvalue weighted by Crippen LogP contribution is 2.23. The minimum Gasteiger partial charge on any atom is -0.497 e. The molecule has 0 spiro atoms. The van der Waals surface area contributed by atoms with E-state index in [0.717, 1.165) is 44.0 Å². The largest absolute Gasteiger partial charge is 0.497 e. The second-order valence-electron chi connectivity index (χ2n) is 6.53. The van der Waals surface area contributed by atoms with Crippen molar-refractivity contribution in [3.8, 4) is 5.75 Å². The van der Waals surface area contributed by atoms with Crippen LogP contribution in [0.25, 0.3) is 0 Å². The fourth-order valence-corrected chi connectivity index (χ4v) is 3.25. The van der Waals surface area contributed by atoms with Crippen LogP contribution >= 0.6 is 0 Å². The van der Waals surface area contributed by atoms with E-state index in [1.165, 1.54) is 30.7 Å². The van der Waals surface area contributed by atoms with Crippen molar-refractivity contribution in [3.05, 3.63) is 41.5 Å². The van der Waals surface area contributed by atoms with Crippen molar-refractivity contribution in [3.63, 3.8) is 0 Å². The topological polar surface area (TPSA) is 52.0 Å². The standard InChI is InChI=1S/C19H28N4O/c1-3-4-12-23-19(16-6-5-11-20-14-16)21-18(22-23)13-15-7-9-17(24-2)10-8-15/h7-10,16,20H,3-6,11-14H2,1-2H3. The lowest BCUT2D eigenvalue weighted by molar-refractivity contribution is 0.414. The molecule has 3 rings (SSSR count). The fourth-order valence-electron chi connectivity index (χ4n) is 3.25. The fraction of sp³-hybridized carbons (Fsp3) is 0.579. The van der Waals surface area contributed by atoms with Crippen LogP contribution in [0.2, 0.25) is 0 Å². The van der Waals surface area contributed by atoms with E-state index in [1.807, 2.05) is 12.1 Å². The van der Waals surface area contributed by atoms with E-state index in [2.05, 4.69) is 29.1 Å². The number of unbranched alkanes of at least 4 members (excludes halogenated alkanes) is 1. The Bertz CT molecular complexity index is 629. The molecule has 1 saturated heterocycles. The molecule has 24 heavy (non-hydrogen) atoms. The summed E-state index contributed by atoms with van der Waals surface area (Å²) >= 11 is 0. The van der Waals surface area contributed by atoms with Crippen LogP contribution in [-0.2, 0) is 13.0 Å². The van der Waals surface area contributed by atoms with Gasteiger partial charge >= 0.3 is 0 Å². The molecule has 2 heterocycles. The number of benzene rings is 1. The lowest BCUT2D eigenvalue weighted by Gasteiger charge is -2.22. The molecule has 0 aliphatic carbocycles. The molecule has 1 aromatic carbocycles. The summed E-state index contributed by atoms with van der Waals surface area (Å²) in [6, 6.07) is 8.17. The summed E-state index contributed by atoms with van der Waals surface area (Å²) in [6.07, 6.45) is 5.53. The van der Waals surface area contributed by atoms with Crippen molar-refractivity contribution in [1.82, 2.24) is 20.1 Å². The molecule has 2 aromatic rings. The average Bonchev–Trinajstić information content (AvgIpc) is 3.04. The van der Waals surface area contributed by atoms with Gasteiger partial charge in [0.25, 0.3) is 0 Å². The molecule has 1 aliphatic rings. The van der Waals surface area contributed by atoms with Crippen LogP contribution in [0, 0.1) is 0 Å². The van der Waals surface area contributed by atoms with Crippen LogP contribution in [-0.4, -0.2) is 35.0 Å². The Labute approximate surface area is 144 Å². The maximum atomic E-state index is 5.22. The molecule has 1 fully saturated rings. The summed E-state index contributed by atoms with van der Waals surface area (Å²) in [4.78, 5) is 4.91. The van der Waals surface area contributed by atoms with Crippen LogP contribution in [0.5, 0.6) is 5.75 Å². The number of rotatable bonds is 7. The van der Waals surface area contributed by atoms with E-state index < -0.39 is 0 Å². The van der Waals surface area contributed by atoms with Crippen molar-refractivity contribution in [2.24, 2.45) is 0 Å². The lowest BCUT2D eigenvalue weighted by Crippen LogP contribution is -2.30. The second-order valence-corrected chi connectivity index (χ2v) is 6.53. The Morgan fingerprint density at radius 3 is 2.79 bits per heavy atom. The molecule has 0 amide bonds. The third kappa shape index (κ3) is 4.15. The Balaban J connectivity index is 1.77. The van der Waals surface area contributed by atoms with Crippen molar-refractivity contribution >= 4 is 0 Å². The van der Waals surface area contributed by atoms with Crippen molar-refractivity contribution < 1.29 is 4.74 Å².